The number of aromatic nitrogens is 2. The van der Waals surface area contributed by atoms with E-state index in [2.05, 4.69) is 21.1 Å². The number of imidazole rings is 1. The van der Waals surface area contributed by atoms with Gasteiger partial charge in [-0.25, -0.2) is 22.9 Å². The third-order valence-corrected chi connectivity index (χ3v) is 6.56. The van der Waals surface area contributed by atoms with E-state index in [0.29, 0.717) is 5.82 Å². The number of anilines is 1. The molecule has 154 valence electrons. The highest BCUT2D eigenvalue weighted by atomic mass is 32.2. The number of fused-ring (bicyclic) bond motifs is 2. The van der Waals surface area contributed by atoms with E-state index >= 15 is 0 Å². The van der Waals surface area contributed by atoms with Crippen molar-refractivity contribution in [3.63, 3.8) is 0 Å². The molecule has 2 N–H and O–H groups in total. The quantitative estimate of drug-likeness (QED) is 0.782. The third-order valence-electron chi connectivity index (χ3n) is 5.60. The van der Waals surface area contributed by atoms with Gasteiger partial charge in [0.25, 0.3) is 10.0 Å². The summed E-state index contributed by atoms with van der Waals surface area (Å²) in [6.07, 6.45) is 10.8. The van der Waals surface area contributed by atoms with E-state index in [1.807, 2.05) is 18.4 Å². The van der Waals surface area contributed by atoms with Crippen LogP contribution in [0.2, 0.25) is 0 Å². The fraction of sp³-hybridized carbons (Fsp3) is 0.429. The van der Waals surface area contributed by atoms with Gasteiger partial charge in [0.1, 0.15) is 5.82 Å². The fourth-order valence-electron chi connectivity index (χ4n) is 4.31. The predicted molar refractivity (Wildman–Crippen MR) is 113 cm³/mol. The molecule has 29 heavy (non-hydrogen) atoms. The minimum Gasteiger partial charge on any atom is -0.329 e. The number of benzene rings is 1. The molecule has 7 nitrogen and oxygen atoms in total. The van der Waals surface area contributed by atoms with Crippen molar-refractivity contribution in [1.82, 2.24) is 14.3 Å². The summed E-state index contributed by atoms with van der Waals surface area (Å²) in [5, 5.41) is 3.82. The van der Waals surface area contributed by atoms with Crippen molar-refractivity contribution in [3.05, 3.63) is 51.9 Å². The number of carbonyl (C=O) groups excluding carboxylic acids is 1. The Kier molecular flexibility index (Phi) is 5.21. The second-order valence-corrected chi connectivity index (χ2v) is 9.49. The maximum Gasteiger partial charge on any atom is 0.333 e. The van der Waals surface area contributed by atoms with E-state index < -0.39 is 16.1 Å². The molecule has 0 spiro atoms. The number of nitrogens with one attached hydrogen (secondary N) is 2. The highest BCUT2D eigenvalue weighted by Crippen LogP contribution is 2.38. The summed E-state index contributed by atoms with van der Waals surface area (Å²) in [5.41, 5.74) is 5.70. The summed E-state index contributed by atoms with van der Waals surface area (Å²) < 4.78 is 28.7. The van der Waals surface area contributed by atoms with Gasteiger partial charge in [0.2, 0.25) is 0 Å². The maximum atomic E-state index is 12.5. The molecule has 0 saturated heterocycles. The Labute approximate surface area is 171 Å². The minimum atomic E-state index is -3.94. The van der Waals surface area contributed by atoms with Crippen molar-refractivity contribution in [2.75, 3.05) is 5.32 Å². The van der Waals surface area contributed by atoms with Gasteiger partial charge in [-0.3, -0.25) is 0 Å². The van der Waals surface area contributed by atoms with Gasteiger partial charge >= 0.3 is 6.03 Å². The van der Waals surface area contributed by atoms with Crippen LogP contribution < -0.4 is 10.0 Å². The first-order chi connectivity index (χ1) is 13.8. The Balaban J connectivity index is 1.50. The van der Waals surface area contributed by atoms with Gasteiger partial charge in [-0.05, 0) is 80.7 Å². The standard InChI is InChI=1S/C21H26N4O3S/c1-14(2)25-11-10-22-19(25)9-12-29(27,28)24-21(26)23-20-17-7-3-5-15(17)13-16-6-4-8-18(16)20/h9-14H,3-8H2,1-2H3,(H2,23,24,26)/b12-9+. The van der Waals surface area contributed by atoms with Gasteiger partial charge in [0.15, 0.2) is 0 Å². The molecule has 1 aromatic heterocycles. The molecule has 4 rings (SSSR count). The topological polar surface area (TPSA) is 93.1 Å². The van der Waals surface area contributed by atoms with Crippen LogP contribution in [-0.2, 0) is 35.7 Å². The van der Waals surface area contributed by atoms with Gasteiger partial charge in [-0.15, -0.1) is 0 Å². The first-order valence-corrected chi connectivity index (χ1v) is 11.6. The van der Waals surface area contributed by atoms with Crippen molar-refractivity contribution in [2.24, 2.45) is 0 Å². The van der Waals surface area contributed by atoms with Gasteiger partial charge in [0.05, 0.1) is 5.41 Å². The van der Waals surface area contributed by atoms with E-state index in [4.69, 9.17) is 0 Å². The Hall–Kier alpha value is -2.61. The van der Waals surface area contributed by atoms with Crippen LogP contribution in [0, 0.1) is 0 Å². The number of amides is 2. The first kappa shape index (κ1) is 19.7. The largest absolute Gasteiger partial charge is 0.333 e. The average molecular weight is 415 g/mol. The van der Waals surface area contributed by atoms with Crippen molar-refractivity contribution in [1.29, 1.82) is 0 Å². The molecule has 2 amide bonds. The molecule has 1 heterocycles. The Morgan fingerprint density at radius 1 is 1.14 bits per heavy atom. The normalized spacial score (nSPS) is 15.7. The molecule has 2 aliphatic rings. The first-order valence-electron chi connectivity index (χ1n) is 10.1. The lowest BCUT2D eigenvalue weighted by Gasteiger charge is -2.16. The summed E-state index contributed by atoms with van der Waals surface area (Å²) in [5.74, 6) is 0.518. The predicted octanol–water partition coefficient (Wildman–Crippen LogP) is 3.56. The lowest BCUT2D eigenvalue weighted by atomic mass is 9.99. The molecule has 1 aromatic carbocycles. The SMILES string of the molecule is CC(C)n1ccnc1/C=C/S(=O)(=O)NC(=O)Nc1c2c(cc3c1CCC3)CCC2. The molecule has 2 aromatic rings. The van der Waals surface area contributed by atoms with Gasteiger partial charge in [0, 0.05) is 24.1 Å². The van der Waals surface area contributed by atoms with E-state index in [-0.39, 0.29) is 6.04 Å². The number of rotatable bonds is 5. The highest BCUT2D eigenvalue weighted by Gasteiger charge is 2.25. The molecular weight excluding hydrogens is 388 g/mol. The second-order valence-electron chi connectivity index (χ2n) is 7.92. The third kappa shape index (κ3) is 4.07. The summed E-state index contributed by atoms with van der Waals surface area (Å²) in [7, 11) is -3.94. The van der Waals surface area contributed by atoms with E-state index in [9.17, 15) is 13.2 Å². The zero-order valence-corrected chi connectivity index (χ0v) is 17.6. The van der Waals surface area contributed by atoms with Crippen LogP contribution in [0.25, 0.3) is 6.08 Å². The van der Waals surface area contributed by atoms with Crippen LogP contribution in [0.1, 0.15) is 60.8 Å². The lowest BCUT2D eigenvalue weighted by molar-refractivity contribution is 0.256. The second kappa shape index (κ2) is 7.67. The van der Waals surface area contributed by atoms with Crippen LogP contribution in [0.15, 0.2) is 23.9 Å². The number of hydrogen-bond donors (Lipinski definition) is 2. The van der Waals surface area contributed by atoms with Crippen molar-refractivity contribution >= 4 is 27.8 Å². The molecule has 0 radical (unpaired) electrons. The molecular formula is C21H26N4O3S. The zero-order chi connectivity index (χ0) is 20.6. The van der Waals surface area contributed by atoms with Gasteiger partial charge in [-0.2, -0.15) is 0 Å². The van der Waals surface area contributed by atoms with Crippen LogP contribution in [0.4, 0.5) is 10.5 Å². The van der Waals surface area contributed by atoms with Crippen LogP contribution >= 0.6 is 0 Å². The van der Waals surface area contributed by atoms with E-state index in [1.165, 1.54) is 17.2 Å². The average Bonchev–Trinajstić information content (AvgIpc) is 3.39. The summed E-state index contributed by atoms with van der Waals surface area (Å²) in [4.78, 5) is 16.7. The van der Waals surface area contributed by atoms with Crippen molar-refractivity contribution < 1.29 is 13.2 Å². The monoisotopic (exact) mass is 414 g/mol. The molecule has 0 aliphatic heterocycles. The number of carbonyl (C=O) groups is 1. The summed E-state index contributed by atoms with van der Waals surface area (Å²) in [6, 6.07) is 1.69. The molecule has 0 bridgehead atoms. The van der Waals surface area contributed by atoms with E-state index in [0.717, 1.165) is 60.7 Å². The van der Waals surface area contributed by atoms with Crippen LogP contribution in [-0.4, -0.2) is 24.0 Å². The molecule has 0 saturated carbocycles. The van der Waals surface area contributed by atoms with Crippen LogP contribution in [0.5, 0.6) is 0 Å². The number of urea groups is 1. The van der Waals surface area contributed by atoms with E-state index in [1.54, 1.807) is 12.4 Å². The smallest absolute Gasteiger partial charge is 0.329 e. The van der Waals surface area contributed by atoms with Gasteiger partial charge < -0.3 is 9.88 Å². The number of nitrogens with zero attached hydrogens (tertiary/aromatic N) is 2. The molecule has 8 heteroatoms. The highest BCUT2D eigenvalue weighted by molar-refractivity contribution is 7.93. The summed E-state index contributed by atoms with van der Waals surface area (Å²) >= 11 is 0. The van der Waals surface area contributed by atoms with Crippen LogP contribution in [0.3, 0.4) is 0 Å². The number of sulfonamides is 1. The molecule has 2 aliphatic carbocycles. The maximum absolute atomic E-state index is 12.5. The van der Waals surface area contributed by atoms with Crippen molar-refractivity contribution in [3.8, 4) is 0 Å². The molecule has 0 fully saturated rings. The van der Waals surface area contributed by atoms with Gasteiger partial charge in [-0.1, -0.05) is 6.07 Å². The Bertz CT molecular complexity index is 1050. The minimum absolute atomic E-state index is 0.151. The Morgan fingerprint density at radius 3 is 2.41 bits per heavy atom. The molecule has 0 unspecified atom stereocenters. The Morgan fingerprint density at radius 2 is 1.79 bits per heavy atom. The fourth-order valence-corrected chi connectivity index (χ4v) is 4.99. The van der Waals surface area contributed by atoms with Crippen molar-refractivity contribution in [2.45, 2.75) is 58.4 Å². The summed E-state index contributed by atoms with van der Waals surface area (Å²) in [6.45, 7) is 3.96. The molecule has 0 atom stereocenters. The lowest BCUT2D eigenvalue weighted by Crippen LogP contribution is -2.33. The zero-order valence-electron chi connectivity index (χ0n) is 16.7. The number of aryl methyl sites for hydroxylation is 2. The number of hydrogen-bond acceptors (Lipinski definition) is 4.